The Morgan fingerprint density at radius 3 is 2.62 bits per heavy atom. The Hall–Kier alpha value is -3.56. The number of hydrogen-bond donors (Lipinski definition) is 3. The molecular weight excluding hydrogens is 435 g/mol. The fraction of sp³-hybridized carbons (Fsp3) is 0.320. The van der Waals surface area contributed by atoms with Gasteiger partial charge in [0.2, 0.25) is 11.9 Å². The van der Waals surface area contributed by atoms with Crippen molar-refractivity contribution in [3.05, 3.63) is 60.5 Å². The van der Waals surface area contributed by atoms with Crippen LogP contribution in [0.3, 0.4) is 0 Å². The fourth-order valence-electron chi connectivity index (χ4n) is 4.22. The summed E-state index contributed by atoms with van der Waals surface area (Å²) in [6.45, 7) is 3.44. The Bertz CT molecular complexity index is 1140. The number of nitrogens with one attached hydrogen (secondary N) is 3. The molecule has 1 atom stereocenters. The van der Waals surface area contributed by atoms with E-state index in [2.05, 4.69) is 25.9 Å². The van der Waals surface area contributed by atoms with E-state index in [9.17, 15) is 9.18 Å². The van der Waals surface area contributed by atoms with Crippen LogP contribution in [-0.2, 0) is 9.53 Å². The van der Waals surface area contributed by atoms with Gasteiger partial charge in [0.25, 0.3) is 0 Å². The number of nitrogens with zero attached hydrogens (tertiary/aromatic N) is 3. The average molecular weight is 463 g/mol. The van der Waals surface area contributed by atoms with Crippen LogP contribution in [0, 0.1) is 5.82 Å². The van der Waals surface area contributed by atoms with Gasteiger partial charge in [-0.2, -0.15) is 0 Å². The Kier molecular flexibility index (Phi) is 6.64. The van der Waals surface area contributed by atoms with E-state index in [4.69, 9.17) is 4.74 Å². The lowest BCUT2D eigenvalue weighted by molar-refractivity contribution is -0.117. The minimum absolute atomic E-state index is 0.00866. The number of rotatable bonds is 6. The predicted molar refractivity (Wildman–Crippen MR) is 130 cm³/mol. The highest BCUT2D eigenvalue weighted by Gasteiger charge is 2.22. The van der Waals surface area contributed by atoms with E-state index >= 15 is 0 Å². The first kappa shape index (κ1) is 22.2. The molecule has 2 fully saturated rings. The van der Waals surface area contributed by atoms with Crippen LogP contribution in [-0.4, -0.2) is 54.8 Å². The summed E-state index contributed by atoms with van der Waals surface area (Å²) in [6, 6.07) is 14.3. The number of hydrogen-bond acceptors (Lipinski definition) is 7. The molecule has 0 radical (unpaired) electrons. The van der Waals surface area contributed by atoms with Gasteiger partial charge in [-0.3, -0.25) is 4.79 Å². The number of halogens is 1. The third-order valence-electron chi connectivity index (χ3n) is 6.04. The fourth-order valence-corrected chi connectivity index (χ4v) is 4.22. The van der Waals surface area contributed by atoms with E-state index in [1.165, 1.54) is 6.07 Å². The lowest BCUT2D eigenvalue weighted by atomic mass is 10.1. The van der Waals surface area contributed by atoms with Crippen molar-refractivity contribution in [1.82, 2.24) is 15.3 Å². The highest BCUT2D eigenvalue weighted by atomic mass is 19.1. The van der Waals surface area contributed by atoms with Crippen molar-refractivity contribution in [3.63, 3.8) is 0 Å². The van der Waals surface area contributed by atoms with E-state index in [0.717, 1.165) is 36.3 Å². The molecule has 2 aromatic carbocycles. The number of aromatic nitrogens is 2. The molecule has 0 aliphatic carbocycles. The Morgan fingerprint density at radius 1 is 1.09 bits per heavy atom. The summed E-state index contributed by atoms with van der Waals surface area (Å²) < 4.78 is 20.1. The molecule has 0 bridgehead atoms. The molecule has 176 valence electrons. The topological polar surface area (TPSA) is 91.4 Å². The van der Waals surface area contributed by atoms with E-state index < -0.39 is 0 Å². The third kappa shape index (κ3) is 5.16. The van der Waals surface area contributed by atoms with Crippen LogP contribution in [0.15, 0.2) is 54.7 Å². The van der Waals surface area contributed by atoms with Gasteiger partial charge in [-0.15, -0.1) is 0 Å². The van der Waals surface area contributed by atoms with Crippen LogP contribution in [0.1, 0.15) is 12.8 Å². The normalized spacial score (nSPS) is 18.0. The second kappa shape index (κ2) is 10.1. The van der Waals surface area contributed by atoms with Crippen molar-refractivity contribution in [2.45, 2.75) is 18.9 Å². The molecule has 1 amide bonds. The molecule has 5 rings (SSSR count). The van der Waals surface area contributed by atoms with Gasteiger partial charge in [-0.25, -0.2) is 14.4 Å². The number of morpholine rings is 1. The molecule has 8 nitrogen and oxygen atoms in total. The minimum atomic E-state index is -0.298. The molecule has 3 N–H and O–H groups in total. The van der Waals surface area contributed by atoms with Crippen LogP contribution < -0.4 is 20.9 Å². The first-order valence-electron chi connectivity index (χ1n) is 11.5. The van der Waals surface area contributed by atoms with Gasteiger partial charge >= 0.3 is 0 Å². The number of carbonyl (C=O) groups is 1. The van der Waals surface area contributed by atoms with Gasteiger partial charge in [-0.1, -0.05) is 12.1 Å². The standard InChI is InChI=1S/C25H27FN6O2/c26-20-16-19(7-8-23(20)32-12-14-34-15-13-32)30-25-28-11-9-21(31-25)17-3-5-18(6-4-17)29-24(33)22-2-1-10-27-22/h3-9,11,16,22,27H,1-2,10,12-15H2,(H,29,33)(H,28,30,31)/t22-/m1/s1. The highest BCUT2D eigenvalue weighted by molar-refractivity contribution is 5.95. The summed E-state index contributed by atoms with van der Waals surface area (Å²) in [4.78, 5) is 23.1. The monoisotopic (exact) mass is 462 g/mol. The molecule has 0 unspecified atom stereocenters. The number of amides is 1. The van der Waals surface area contributed by atoms with Gasteiger partial charge in [0, 0.05) is 36.2 Å². The number of ether oxygens (including phenoxy) is 1. The van der Waals surface area contributed by atoms with E-state index in [1.807, 2.05) is 41.3 Å². The van der Waals surface area contributed by atoms with E-state index in [1.54, 1.807) is 12.3 Å². The quantitative estimate of drug-likeness (QED) is 0.516. The van der Waals surface area contributed by atoms with Crippen molar-refractivity contribution in [3.8, 4) is 11.3 Å². The summed E-state index contributed by atoms with van der Waals surface area (Å²) >= 11 is 0. The zero-order valence-corrected chi connectivity index (χ0v) is 18.8. The van der Waals surface area contributed by atoms with Crippen molar-refractivity contribution in [2.75, 3.05) is 48.4 Å². The molecule has 2 aliphatic heterocycles. The molecule has 2 aliphatic rings. The molecular formula is C25H27FN6O2. The van der Waals surface area contributed by atoms with Crippen molar-refractivity contribution >= 4 is 28.9 Å². The largest absolute Gasteiger partial charge is 0.378 e. The summed E-state index contributed by atoms with van der Waals surface area (Å²) in [6.07, 6.45) is 3.54. The van der Waals surface area contributed by atoms with Gasteiger partial charge in [0.05, 0.1) is 30.6 Å². The number of carbonyl (C=O) groups excluding carboxylic acids is 1. The van der Waals surface area contributed by atoms with Crippen LogP contribution in [0.4, 0.5) is 27.4 Å². The molecule has 0 spiro atoms. The lowest BCUT2D eigenvalue weighted by Crippen LogP contribution is -2.36. The molecule has 34 heavy (non-hydrogen) atoms. The smallest absolute Gasteiger partial charge is 0.241 e. The molecule has 0 saturated carbocycles. The van der Waals surface area contributed by atoms with Crippen LogP contribution in [0.2, 0.25) is 0 Å². The van der Waals surface area contributed by atoms with Crippen molar-refractivity contribution in [2.24, 2.45) is 0 Å². The van der Waals surface area contributed by atoms with Crippen molar-refractivity contribution < 1.29 is 13.9 Å². The van der Waals surface area contributed by atoms with Crippen LogP contribution >= 0.6 is 0 Å². The minimum Gasteiger partial charge on any atom is -0.378 e. The zero-order chi connectivity index (χ0) is 23.3. The second-order valence-corrected chi connectivity index (χ2v) is 8.37. The molecule has 3 aromatic rings. The maximum Gasteiger partial charge on any atom is 0.241 e. The van der Waals surface area contributed by atoms with Crippen LogP contribution in [0.5, 0.6) is 0 Å². The first-order chi connectivity index (χ1) is 16.7. The maximum absolute atomic E-state index is 14.7. The number of anilines is 4. The number of benzene rings is 2. The highest BCUT2D eigenvalue weighted by Crippen LogP contribution is 2.26. The Labute approximate surface area is 197 Å². The lowest BCUT2D eigenvalue weighted by Gasteiger charge is -2.29. The molecule has 1 aromatic heterocycles. The third-order valence-corrected chi connectivity index (χ3v) is 6.04. The Morgan fingerprint density at radius 2 is 1.88 bits per heavy atom. The van der Waals surface area contributed by atoms with Gasteiger partial charge in [0.15, 0.2) is 0 Å². The van der Waals surface area contributed by atoms with Crippen LogP contribution in [0.25, 0.3) is 11.3 Å². The maximum atomic E-state index is 14.7. The molecule has 9 heteroatoms. The summed E-state index contributed by atoms with van der Waals surface area (Å²) in [7, 11) is 0. The van der Waals surface area contributed by atoms with E-state index in [0.29, 0.717) is 43.6 Å². The van der Waals surface area contributed by atoms with Gasteiger partial charge in [0.1, 0.15) is 5.82 Å². The van der Waals surface area contributed by atoms with E-state index in [-0.39, 0.29) is 17.8 Å². The SMILES string of the molecule is O=C(Nc1ccc(-c2ccnc(Nc3ccc(N4CCOCC4)c(F)c3)n2)cc1)[C@H]1CCCN1. The van der Waals surface area contributed by atoms with Crippen molar-refractivity contribution in [1.29, 1.82) is 0 Å². The molecule has 3 heterocycles. The summed E-state index contributed by atoms with van der Waals surface area (Å²) in [5.74, 6) is 0.0693. The first-order valence-corrected chi connectivity index (χ1v) is 11.5. The summed E-state index contributed by atoms with van der Waals surface area (Å²) in [5, 5.41) is 9.23. The predicted octanol–water partition coefficient (Wildman–Crippen LogP) is 3.55. The second-order valence-electron chi connectivity index (χ2n) is 8.37. The van der Waals surface area contributed by atoms with Gasteiger partial charge in [-0.05, 0) is 55.8 Å². The summed E-state index contributed by atoms with van der Waals surface area (Å²) in [5.41, 5.74) is 3.49. The Balaban J connectivity index is 1.25. The average Bonchev–Trinajstić information content (AvgIpc) is 3.41. The molecule has 2 saturated heterocycles. The van der Waals surface area contributed by atoms with Gasteiger partial charge < -0.3 is 25.6 Å². The zero-order valence-electron chi connectivity index (χ0n) is 18.8.